The van der Waals surface area contributed by atoms with Gasteiger partial charge in [-0.1, -0.05) is 5.16 Å². The first-order valence-electron chi connectivity index (χ1n) is 4.72. The molecule has 2 rings (SSSR count). The standard InChI is InChI=1S/C9H12N6O/c1-6-2-7(15-16-6)4-11-8-3-9(14-10)13-5-12-8/h2-3,5H,4,10H2,1H3,(H2,11,12,13,14). The van der Waals surface area contributed by atoms with Crippen LogP contribution in [0.25, 0.3) is 0 Å². The molecule has 0 bridgehead atoms. The Labute approximate surface area is 92.0 Å². The first-order valence-corrected chi connectivity index (χ1v) is 4.72. The van der Waals surface area contributed by atoms with Gasteiger partial charge in [-0.2, -0.15) is 0 Å². The molecule has 0 radical (unpaired) electrons. The smallest absolute Gasteiger partial charge is 0.145 e. The lowest BCUT2D eigenvalue weighted by Gasteiger charge is -2.04. The van der Waals surface area contributed by atoms with Crippen molar-refractivity contribution in [3.8, 4) is 0 Å². The second kappa shape index (κ2) is 4.58. The van der Waals surface area contributed by atoms with Crippen molar-refractivity contribution >= 4 is 11.6 Å². The van der Waals surface area contributed by atoms with Crippen LogP contribution in [-0.2, 0) is 6.54 Å². The molecule has 0 atom stereocenters. The molecule has 7 heteroatoms. The van der Waals surface area contributed by atoms with Crippen LogP contribution in [0.5, 0.6) is 0 Å². The van der Waals surface area contributed by atoms with Crippen molar-refractivity contribution in [1.82, 2.24) is 15.1 Å². The van der Waals surface area contributed by atoms with Gasteiger partial charge in [0.05, 0.1) is 6.54 Å². The van der Waals surface area contributed by atoms with Crippen LogP contribution < -0.4 is 16.6 Å². The molecule has 2 aromatic heterocycles. The van der Waals surface area contributed by atoms with E-state index in [0.717, 1.165) is 11.5 Å². The minimum Gasteiger partial charge on any atom is -0.364 e. The number of nitrogen functional groups attached to an aromatic ring is 1. The monoisotopic (exact) mass is 220 g/mol. The van der Waals surface area contributed by atoms with Gasteiger partial charge < -0.3 is 15.3 Å². The normalized spacial score (nSPS) is 10.1. The molecule has 2 aromatic rings. The maximum atomic E-state index is 5.23. The Kier molecular flexibility index (Phi) is 2.97. The number of hydrogen-bond acceptors (Lipinski definition) is 7. The maximum absolute atomic E-state index is 5.23. The zero-order valence-corrected chi connectivity index (χ0v) is 8.77. The molecule has 0 saturated heterocycles. The van der Waals surface area contributed by atoms with E-state index >= 15 is 0 Å². The Morgan fingerprint density at radius 2 is 2.12 bits per heavy atom. The molecule has 0 aliphatic rings. The number of hydrogen-bond donors (Lipinski definition) is 3. The van der Waals surface area contributed by atoms with Crippen LogP contribution in [-0.4, -0.2) is 15.1 Å². The molecule has 0 aliphatic heterocycles. The van der Waals surface area contributed by atoms with E-state index in [1.54, 1.807) is 6.07 Å². The topological polar surface area (TPSA) is 102 Å². The van der Waals surface area contributed by atoms with E-state index in [4.69, 9.17) is 10.4 Å². The van der Waals surface area contributed by atoms with E-state index in [1.165, 1.54) is 6.33 Å². The summed E-state index contributed by atoms with van der Waals surface area (Å²) in [6.07, 6.45) is 1.42. The SMILES string of the molecule is Cc1cc(CNc2cc(NN)ncn2)no1. The van der Waals surface area contributed by atoms with Crippen LogP contribution in [0.3, 0.4) is 0 Å². The average Bonchev–Trinajstić information content (AvgIpc) is 2.73. The van der Waals surface area contributed by atoms with Crippen molar-refractivity contribution in [1.29, 1.82) is 0 Å². The summed E-state index contributed by atoms with van der Waals surface area (Å²) in [5.74, 6) is 7.24. The van der Waals surface area contributed by atoms with E-state index in [-0.39, 0.29) is 0 Å². The van der Waals surface area contributed by atoms with E-state index < -0.39 is 0 Å². The van der Waals surface area contributed by atoms with Crippen LogP contribution in [0.2, 0.25) is 0 Å². The molecule has 84 valence electrons. The van der Waals surface area contributed by atoms with Crippen molar-refractivity contribution in [2.45, 2.75) is 13.5 Å². The summed E-state index contributed by atoms with van der Waals surface area (Å²) in [4.78, 5) is 7.93. The highest BCUT2D eigenvalue weighted by Gasteiger charge is 2.01. The first-order chi connectivity index (χ1) is 7.78. The number of nitrogens with one attached hydrogen (secondary N) is 2. The molecule has 0 spiro atoms. The number of hydrazine groups is 1. The second-order valence-corrected chi connectivity index (χ2v) is 3.22. The number of nitrogens with zero attached hydrogens (tertiary/aromatic N) is 3. The molecule has 0 aromatic carbocycles. The minimum atomic E-state index is 0.540. The summed E-state index contributed by atoms with van der Waals surface area (Å²) in [7, 11) is 0. The molecule has 4 N–H and O–H groups in total. The van der Waals surface area contributed by atoms with Gasteiger partial charge in [0.25, 0.3) is 0 Å². The Bertz CT molecular complexity index is 469. The highest BCUT2D eigenvalue weighted by atomic mass is 16.5. The van der Waals surface area contributed by atoms with Crippen LogP contribution >= 0.6 is 0 Å². The van der Waals surface area contributed by atoms with E-state index in [9.17, 15) is 0 Å². The van der Waals surface area contributed by atoms with Gasteiger partial charge in [0.1, 0.15) is 29.4 Å². The lowest BCUT2D eigenvalue weighted by molar-refractivity contribution is 0.391. The summed E-state index contributed by atoms with van der Waals surface area (Å²) >= 11 is 0. The summed E-state index contributed by atoms with van der Waals surface area (Å²) in [6, 6.07) is 3.56. The highest BCUT2D eigenvalue weighted by molar-refractivity contribution is 5.45. The number of nitrogens with two attached hydrogens (primary N) is 1. The summed E-state index contributed by atoms with van der Waals surface area (Å²) in [6.45, 7) is 2.38. The predicted octanol–water partition coefficient (Wildman–Crippen LogP) is 0.671. The quantitative estimate of drug-likeness (QED) is 0.514. The molecule has 0 fully saturated rings. The maximum Gasteiger partial charge on any atom is 0.145 e. The zero-order chi connectivity index (χ0) is 11.4. The fourth-order valence-corrected chi connectivity index (χ4v) is 1.22. The third-order valence-corrected chi connectivity index (χ3v) is 1.94. The lowest BCUT2D eigenvalue weighted by atomic mass is 10.4. The van der Waals surface area contributed by atoms with Crippen molar-refractivity contribution < 1.29 is 4.52 Å². The van der Waals surface area contributed by atoms with Gasteiger partial charge in [-0.15, -0.1) is 0 Å². The summed E-state index contributed by atoms with van der Waals surface area (Å²) in [5.41, 5.74) is 3.26. The Hall–Kier alpha value is -2.15. The van der Waals surface area contributed by atoms with E-state index in [1.807, 2.05) is 13.0 Å². The fourth-order valence-electron chi connectivity index (χ4n) is 1.22. The van der Waals surface area contributed by atoms with E-state index in [2.05, 4.69) is 25.9 Å². The van der Waals surface area contributed by atoms with Gasteiger partial charge in [0.2, 0.25) is 0 Å². The molecule has 0 aliphatic carbocycles. The average molecular weight is 220 g/mol. The second-order valence-electron chi connectivity index (χ2n) is 3.22. The van der Waals surface area contributed by atoms with Crippen LogP contribution in [0.15, 0.2) is 23.0 Å². The third-order valence-electron chi connectivity index (χ3n) is 1.94. The molecule has 0 saturated carbocycles. The molecule has 0 amide bonds. The van der Waals surface area contributed by atoms with Crippen molar-refractivity contribution in [3.63, 3.8) is 0 Å². The van der Waals surface area contributed by atoms with Crippen molar-refractivity contribution in [3.05, 3.63) is 29.9 Å². The van der Waals surface area contributed by atoms with Crippen LogP contribution in [0.1, 0.15) is 11.5 Å². The van der Waals surface area contributed by atoms with Crippen molar-refractivity contribution in [2.24, 2.45) is 5.84 Å². The Balaban J connectivity index is 1.99. The number of aryl methyl sites for hydroxylation is 1. The molecule has 16 heavy (non-hydrogen) atoms. The predicted molar refractivity (Wildman–Crippen MR) is 58.4 cm³/mol. The number of anilines is 2. The summed E-state index contributed by atoms with van der Waals surface area (Å²) < 4.78 is 4.94. The molecule has 2 heterocycles. The van der Waals surface area contributed by atoms with Gasteiger partial charge >= 0.3 is 0 Å². The highest BCUT2D eigenvalue weighted by Crippen LogP contribution is 2.09. The third kappa shape index (κ3) is 2.45. The van der Waals surface area contributed by atoms with Gasteiger partial charge in [0.15, 0.2) is 0 Å². The molecule has 7 nitrogen and oxygen atoms in total. The largest absolute Gasteiger partial charge is 0.364 e. The van der Waals surface area contributed by atoms with E-state index in [0.29, 0.717) is 18.2 Å². The van der Waals surface area contributed by atoms with Crippen LogP contribution in [0.4, 0.5) is 11.6 Å². The number of aromatic nitrogens is 3. The Morgan fingerprint density at radius 1 is 1.31 bits per heavy atom. The molecular formula is C9H12N6O. The minimum absolute atomic E-state index is 0.540. The summed E-state index contributed by atoms with van der Waals surface area (Å²) in [5, 5.41) is 6.93. The van der Waals surface area contributed by atoms with Gasteiger partial charge in [-0.3, -0.25) is 0 Å². The van der Waals surface area contributed by atoms with Crippen molar-refractivity contribution in [2.75, 3.05) is 10.7 Å². The lowest BCUT2D eigenvalue weighted by Crippen LogP contribution is -2.10. The Morgan fingerprint density at radius 3 is 2.81 bits per heavy atom. The first kappa shape index (κ1) is 10.4. The zero-order valence-electron chi connectivity index (χ0n) is 8.77. The molecular weight excluding hydrogens is 208 g/mol. The van der Waals surface area contributed by atoms with Gasteiger partial charge in [0, 0.05) is 12.1 Å². The number of rotatable bonds is 4. The fraction of sp³-hybridized carbons (Fsp3) is 0.222. The van der Waals surface area contributed by atoms with Crippen LogP contribution in [0, 0.1) is 6.92 Å². The molecule has 0 unspecified atom stereocenters. The van der Waals surface area contributed by atoms with Gasteiger partial charge in [-0.05, 0) is 6.92 Å². The van der Waals surface area contributed by atoms with Gasteiger partial charge in [-0.25, -0.2) is 15.8 Å².